The van der Waals surface area contributed by atoms with Crippen LogP contribution < -0.4 is 5.73 Å². The molecule has 2 aliphatic rings. The van der Waals surface area contributed by atoms with Crippen LogP contribution in [0.2, 0.25) is 0 Å². The van der Waals surface area contributed by atoms with Gasteiger partial charge in [0.05, 0.1) is 17.3 Å². The average Bonchev–Trinajstić information content (AvgIpc) is 3.44. The van der Waals surface area contributed by atoms with Crippen LogP contribution in [-0.2, 0) is 30.6 Å². The van der Waals surface area contributed by atoms with Crippen LogP contribution in [0.4, 0.5) is 4.39 Å². The molecule has 2 N–H and O–H groups in total. The van der Waals surface area contributed by atoms with Crippen molar-refractivity contribution >= 4 is 21.9 Å². The number of hydrogen-bond acceptors (Lipinski definition) is 7. The van der Waals surface area contributed by atoms with Gasteiger partial charge in [-0.2, -0.15) is 9.19 Å². The molecule has 36 heavy (non-hydrogen) atoms. The van der Waals surface area contributed by atoms with E-state index in [0.717, 1.165) is 52.8 Å². The molecule has 1 unspecified atom stereocenters. The highest BCUT2D eigenvalue weighted by atomic mass is 32.2. The Morgan fingerprint density at radius 2 is 2.08 bits per heavy atom. The van der Waals surface area contributed by atoms with Crippen molar-refractivity contribution in [2.45, 2.75) is 44.2 Å². The Bertz CT molecular complexity index is 1410. The molecule has 5 heterocycles. The Labute approximate surface area is 211 Å². The molecule has 3 aromatic heterocycles. The molecule has 6 rings (SSSR count). The normalized spacial score (nSPS) is 23.7. The molecule has 0 radical (unpaired) electrons. The highest BCUT2D eigenvalue weighted by Crippen LogP contribution is 2.36. The molecule has 1 fully saturated rings. The molecule has 0 bridgehead atoms. The predicted molar refractivity (Wildman–Crippen MR) is 136 cm³/mol. The SMILES string of the molecule is CS(=O)n1cc2c(n1)CN([C@H]1C[C@H](N)[C@@H](c3cccc(F)c3)N(Cc3cncc4cccnc34)C1)C2. The minimum atomic E-state index is -1.16. The number of likely N-dealkylation sites (tertiary alicyclic amines) is 1. The molecular formula is C26H28FN7OS. The summed E-state index contributed by atoms with van der Waals surface area (Å²) in [6.45, 7) is 2.82. The zero-order valence-corrected chi connectivity index (χ0v) is 20.8. The van der Waals surface area contributed by atoms with Gasteiger partial charge in [0.25, 0.3) is 0 Å². The van der Waals surface area contributed by atoms with E-state index in [1.807, 2.05) is 36.8 Å². The van der Waals surface area contributed by atoms with Gasteiger partial charge in [-0.3, -0.25) is 19.8 Å². The van der Waals surface area contributed by atoms with Gasteiger partial charge in [0, 0.05) is 85.8 Å². The molecule has 0 amide bonds. The lowest BCUT2D eigenvalue weighted by molar-refractivity contribution is 0.0377. The van der Waals surface area contributed by atoms with E-state index in [4.69, 9.17) is 5.73 Å². The summed E-state index contributed by atoms with van der Waals surface area (Å²) in [6, 6.07) is 10.6. The van der Waals surface area contributed by atoms with Crippen molar-refractivity contribution in [2.24, 2.45) is 5.73 Å². The van der Waals surface area contributed by atoms with E-state index in [2.05, 4.69) is 24.9 Å². The zero-order chi connectivity index (χ0) is 24.8. The molecule has 4 aromatic rings. The van der Waals surface area contributed by atoms with Crippen molar-refractivity contribution in [3.05, 3.63) is 89.4 Å². The number of nitrogens with zero attached hydrogens (tertiary/aromatic N) is 6. The number of piperidine rings is 1. The number of halogens is 1. The summed E-state index contributed by atoms with van der Waals surface area (Å²) >= 11 is 0. The van der Waals surface area contributed by atoms with Crippen molar-refractivity contribution in [1.82, 2.24) is 29.0 Å². The number of rotatable bonds is 5. The second-order valence-corrected chi connectivity index (χ2v) is 10.9. The second kappa shape index (κ2) is 9.44. The van der Waals surface area contributed by atoms with Crippen LogP contribution in [0.1, 0.15) is 34.8 Å². The average molecular weight is 506 g/mol. The number of nitrogens with two attached hydrogens (primary N) is 1. The Balaban J connectivity index is 1.31. The first-order valence-electron chi connectivity index (χ1n) is 12.0. The van der Waals surface area contributed by atoms with Crippen LogP contribution in [0.25, 0.3) is 10.9 Å². The van der Waals surface area contributed by atoms with Gasteiger partial charge in [0.1, 0.15) is 16.8 Å². The fraction of sp³-hybridized carbons (Fsp3) is 0.346. The summed E-state index contributed by atoms with van der Waals surface area (Å²) in [5.41, 5.74) is 11.7. The van der Waals surface area contributed by atoms with Crippen molar-refractivity contribution in [2.75, 3.05) is 12.8 Å². The predicted octanol–water partition coefficient (Wildman–Crippen LogP) is 2.77. The first-order valence-corrected chi connectivity index (χ1v) is 13.6. The van der Waals surface area contributed by atoms with Crippen LogP contribution >= 0.6 is 0 Å². The highest BCUT2D eigenvalue weighted by molar-refractivity contribution is 7.82. The quantitative estimate of drug-likeness (QED) is 0.446. The second-order valence-electron chi connectivity index (χ2n) is 9.69. The molecule has 0 saturated carbocycles. The molecule has 1 saturated heterocycles. The van der Waals surface area contributed by atoms with E-state index in [9.17, 15) is 8.60 Å². The van der Waals surface area contributed by atoms with Gasteiger partial charge in [0.15, 0.2) is 0 Å². The molecule has 0 spiro atoms. The Kier molecular flexibility index (Phi) is 6.12. The first kappa shape index (κ1) is 23.4. The number of fused-ring (bicyclic) bond motifs is 2. The van der Waals surface area contributed by atoms with Crippen LogP contribution in [0.15, 0.2) is 61.2 Å². The van der Waals surface area contributed by atoms with E-state index < -0.39 is 11.0 Å². The lowest BCUT2D eigenvalue weighted by Crippen LogP contribution is -2.55. The van der Waals surface area contributed by atoms with Crippen molar-refractivity contribution in [3.8, 4) is 0 Å². The monoisotopic (exact) mass is 505 g/mol. The summed E-state index contributed by atoms with van der Waals surface area (Å²) in [5.74, 6) is -0.259. The van der Waals surface area contributed by atoms with E-state index in [-0.39, 0.29) is 23.9 Å². The fourth-order valence-electron chi connectivity index (χ4n) is 5.68. The molecular weight excluding hydrogens is 477 g/mol. The van der Waals surface area contributed by atoms with Crippen molar-refractivity contribution in [3.63, 3.8) is 0 Å². The van der Waals surface area contributed by atoms with Gasteiger partial charge in [-0.05, 0) is 36.2 Å². The molecule has 186 valence electrons. The molecule has 0 aliphatic carbocycles. The maximum absolute atomic E-state index is 14.2. The summed E-state index contributed by atoms with van der Waals surface area (Å²) in [5, 5.41) is 5.51. The standard InChI is InChI=1S/C26H28FN7OS/c1-36(35)34-14-20-13-32(16-24(20)31-34)22-9-23(28)26(17-4-2-6-21(27)8-17)33(15-22)12-19-11-29-10-18-5-3-7-30-25(18)19/h2-8,10-11,14,22-23,26H,9,12-13,15-16,28H2,1H3/t22-,23-,26+,36?/m0/s1. The summed E-state index contributed by atoms with van der Waals surface area (Å²) in [6.07, 6.45) is 9.78. The summed E-state index contributed by atoms with van der Waals surface area (Å²) in [4.78, 5) is 13.8. The largest absolute Gasteiger partial charge is 0.326 e. The van der Waals surface area contributed by atoms with Crippen LogP contribution in [0.5, 0.6) is 0 Å². The summed E-state index contributed by atoms with van der Waals surface area (Å²) < 4.78 is 27.6. The van der Waals surface area contributed by atoms with Crippen LogP contribution in [-0.4, -0.2) is 58.0 Å². The van der Waals surface area contributed by atoms with Gasteiger partial charge >= 0.3 is 0 Å². The van der Waals surface area contributed by atoms with Gasteiger partial charge in [-0.1, -0.05) is 12.1 Å². The smallest absolute Gasteiger partial charge is 0.136 e. The Hall–Kier alpha value is -3.05. The third kappa shape index (κ3) is 4.34. The van der Waals surface area contributed by atoms with E-state index in [1.54, 1.807) is 24.6 Å². The van der Waals surface area contributed by atoms with Crippen molar-refractivity contribution in [1.29, 1.82) is 0 Å². The third-order valence-corrected chi connectivity index (χ3v) is 8.02. The zero-order valence-electron chi connectivity index (χ0n) is 20.0. The number of hydrogen-bond donors (Lipinski definition) is 1. The maximum atomic E-state index is 14.2. The first-order chi connectivity index (χ1) is 17.5. The third-order valence-electron chi connectivity index (χ3n) is 7.30. The van der Waals surface area contributed by atoms with Gasteiger partial charge in [-0.15, -0.1) is 0 Å². The minimum absolute atomic E-state index is 0.132. The molecule has 4 atom stereocenters. The Morgan fingerprint density at radius 1 is 1.19 bits per heavy atom. The van der Waals surface area contributed by atoms with Crippen LogP contribution in [0, 0.1) is 5.82 Å². The van der Waals surface area contributed by atoms with E-state index >= 15 is 0 Å². The number of aromatic nitrogens is 4. The highest BCUT2D eigenvalue weighted by Gasteiger charge is 2.40. The lowest BCUT2D eigenvalue weighted by Gasteiger charge is -2.46. The molecule has 1 aromatic carbocycles. The maximum Gasteiger partial charge on any atom is 0.136 e. The summed E-state index contributed by atoms with van der Waals surface area (Å²) in [7, 11) is -1.16. The topological polar surface area (TPSA) is 93.2 Å². The van der Waals surface area contributed by atoms with Gasteiger partial charge < -0.3 is 5.73 Å². The number of benzene rings is 1. The number of pyridine rings is 2. The minimum Gasteiger partial charge on any atom is -0.326 e. The van der Waals surface area contributed by atoms with E-state index in [0.29, 0.717) is 13.1 Å². The van der Waals surface area contributed by atoms with E-state index in [1.165, 1.54) is 10.2 Å². The molecule has 2 aliphatic heterocycles. The van der Waals surface area contributed by atoms with Crippen molar-refractivity contribution < 1.29 is 8.60 Å². The van der Waals surface area contributed by atoms with Gasteiger partial charge in [-0.25, -0.2) is 8.60 Å². The molecule has 10 heteroatoms. The lowest BCUT2D eigenvalue weighted by atomic mass is 9.87. The Morgan fingerprint density at radius 3 is 2.89 bits per heavy atom. The molecule has 8 nitrogen and oxygen atoms in total. The van der Waals surface area contributed by atoms with Crippen LogP contribution in [0.3, 0.4) is 0 Å². The van der Waals surface area contributed by atoms with Gasteiger partial charge in [0.2, 0.25) is 0 Å². The fourth-order valence-corrected chi connectivity index (χ4v) is 6.17.